The van der Waals surface area contributed by atoms with Gasteiger partial charge in [0.1, 0.15) is 5.75 Å². The number of hydrogen-bond donors (Lipinski definition) is 2. The van der Waals surface area contributed by atoms with Crippen molar-refractivity contribution in [3.8, 4) is 5.75 Å². The fourth-order valence-corrected chi connectivity index (χ4v) is 2.55. The van der Waals surface area contributed by atoms with Crippen LogP contribution in [0, 0.1) is 5.92 Å². The van der Waals surface area contributed by atoms with Crippen molar-refractivity contribution in [1.29, 1.82) is 0 Å². The van der Waals surface area contributed by atoms with E-state index < -0.39 is 5.60 Å². The largest absolute Gasteiger partial charge is 0.497 e. The predicted molar refractivity (Wildman–Crippen MR) is 83.1 cm³/mol. The summed E-state index contributed by atoms with van der Waals surface area (Å²) in [5, 5.41) is 13.0. The summed E-state index contributed by atoms with van der Waals surface area (Å²) in [6.45, 7) is 6.02. The first-order chi connectivity index (χ1) is 9.25. The Morgan fingerprint density at radius 3 is 2.70 bits per heavy atom. The number of hydrogen-bond acceptors (Lipinski definition) is 3. The smallest absolute Gasteiger partial charge is 0.252 e. The molecule has 0 aliphatic heterocycles. The number of carbonyl (C=O) groups excluding carboxylic acids is 1. The van der Waals surface area contributed by atoms with Crippen LogP contribution in [0.4, 0.5) is 0 Å². The Morgan fingerprint density at radius 1 is 1.50 bits per heavy atom. The van der Waals surface area contributed by atoms with Gasteiger partial charge in [0.05, 0.1) is 18.3 Å². The van der Waals surface area contributed by atoms with Crippen LogP contribution in [0.15, 0.2) is 22.7 Å². The lowest BCUT2D eigenvalue weighted by atomic mass is 9.94. The lowest BCUT2D eigenvalue weighted by Crippen LogP contribution is -2.41. The number of rotatable bonds is 6. The molecule has 0 saturated heterocycles. The van der Waals surface area contributed by atoms with Crippen LogP contribution in [-0.2, 0) is 0 Å². The highest BCUT2D eigenvalue weighted by molar-refractivity contribution is 9.10. The van der Waals surface area contributed by atoms with Gasteiger partial charge < -0.3 is 15.2 Å². The highest BCUT2D eigenvalue weighted by atomic mass is 79.9. The number of ether oxygens (including phenoxy) is 1. The molecule has 112 valence electrons. The maximum atomic E-state index is 12.2. The molecule has 1 atom stereocenters. The normalized spacial score (nSPS) is 13.9. The SMILES string of the molecule is COc1ccc(Br)c(C(=O)NCC(C)(O)CC(C)C)c1. The lowest BCUT2D eigenvalue weighted by Gasteiger charge is -2.25. The topological polar surface area (TPSA) is 58.6 Å². The second-order valence-corrected chi connectivity index (χ2v) is 6.48. The van der Waals surface area contributed by atoms with Gasteiger partial charge in [-0.05, 0) is 53.4 Å². The molecule has 1 aromatic carbocycles. The molecule has 0 aromatic heterocycles. The minimum Gasteiger partial charge on any atom is -0.497 e. The van der Waals surface area contributed by atoms with Gasteiger partial charge in [-0.1, -0.05) is 13.8 Å². The Labute approximate surface area is 128 Å². The third-order valence-electron chi connectivity index (χ3n) is 2.90. The molecule has 1 rings (SSSR count). The maximum absolute atomic E-state index is 12.2. The maximum Gasteiger partial charge on any atom is 0.252 e. The minimum atomic E-state index is -0.908. The first-order valence-electron chi connectivity index (χ1n) is 6.59. The Kier molecular flexibility index (Phi) is 6.02. The van der Waals surface area contributed by atoms with Crippen LogP contribution in [0.3, 0.4) is 0 Å². The summed E-state index contributed by atoms with van der Waals surface area (Å²) in [7, 11) is 1.55. The molecule has 1 aromatic rings. The molecule has 1 unspecified atom stereocenters. The lowest BCUT2D eigenvalue weighted by molar-refractivity contribution is 0.0368. The average molecular weight is 344 g/mol. The van der Waals surface area contributed by atoms with E-state index in [9.17, 15) is 9.90 Å². The van der Waals surface area contributed by atoms with Gasteiger partial charge in [-0.2, -0.15) is 0 Å². The van der Waals surface area contributed by atoms with Crippen LogP contribution in [0.1, 0.15) is 37.6 Å². The van der Waals surface area contributed by atoms with Crippen LogP contribution >= 0.6 is 15.9 Å². The first kappa shape index (κ1) is 17.0. The van der Waals surface area contributed by atoms with Crippen LogP contribution in [-0.4, -0.2) is 30.3 Å². The van der Waals surface area contributed by atoms with Gasteiger partial charge >= 0.3 is 0 Å². The molecule has 20 heavy (non-hydrogen) atoms. The van der Waals surface area contributed by atoms with Crippen molar-refractivity contribution in [3.63, 3.8) is 0 Å². The second kappa shape index (κ2) is 7.09. The number of aliphatic hydroxyl groups is 1. The van der Waals surface area contributed by atoms with E-state index in [1.807, 2.05) is 13.8 Å². The predicted octanol–water partition coefficient (Wildman–Crippen LogP) is 2.98. The van der Waals surface area contributed by atoms with Gasteiger partial charge in [0, 0.05) is 11.0 Å². The van der Waals surface area contributed by atoms with Crippen LogP contribution < -0.4 is 10.1 Å². The molecule has 0 spiro atoms. The van der Waals surface area contributed by atoms with E-state index in [0.29, 0.717) is 28.1 Å². The van der Waals surface area contributed by atoms with Crippen molar-refractivity contribution in [2.75, 3.05) is 13.7 Å². The van der Waals surface area contributed by atoms with Crippen molar-refractivity contribution < 1.29 is 14.6 Å². The summed E-state index contributed by atoms with van der Waals surface area (Å²) in [6.07, 6.45) is 0.632. The molecule has 0 heterocycles. The zero-order valence-corrected chi connectivity index (χ0v) is 14.0. The van der Waals surface area contributed by atoms with Gasteiger partial charge in [0.2, 0.25) is 0 Å². The van der Waals surface area contributed by atoms with Crippen molar-refractivity contribution in [1.82, 2.24) is 5.32 Å². The standard InChI is InChI=1S/C15H22BrNO3/c1-10(2)8-15(3,19)9-17-14(18)12-7-11(20-4)5-6-13(12)16/h5-7,10,19H,8-9H2,1-4H3,(H,17,18). The van der Waals surface area contributed by atoms with E-state index in [4.69, 9.17) is 4.74 Å². The van der Waals surface area contributed by atoms with E-state index in [2.05, 4.69) is 21.2 Å². The van der Waals surface area contributed by atoms with Crippen molar-refractivity contribution >= 4 is 21.8 Å². The molecule has 4 nitrogen and oxygen atoms in total. The zero-order chi connectivity index (χ0) is 15.3. The summed E-state index contributed by atoms with van der Waals surface area (Å²) in [6, 6.07) is 5.20. The number of halogens is 1. The molecule has 0 aliphatic carbocycles. The van der Waals surface area contributed by atoms with Crippen LogP contribution in [0.25, 0.3) is 0 Å². The Hall–Kier alpha value is -1.07. The van der Waals surface area contributed by atoms with E-state index in [1.54, 1.807) is 32.2 Å². The van der Waals surface area contributed by atoms with Gasteiger partial charge in [-0.3, -0.25) is 4.79 Å². The van der Waals surface area contributed by atoms with Crippen LogP contribution in [0.2, 0.25) is 0 Å². The quantitative estimate of drug-likeness (QED) is 0.834. The number of nitrogens with one attached hydrogen (secondary N) is 1. The van der Waals surface area contributed by atoms with Gasteiger partial charge in [-0.25, -0.2) is 0 Å². The summed E-state index contributed by atoms with van der Waals surface area (Å²) in [5.41, 5.74) is -0.417. The highest BCUT2D eigenvalue weighted by Crippen LogP contribution is 2.22. The fourth-order valence-electron chi connectivity index (χ4n) is 2.12. The monoisotopic (exact) mass is 343 g/mol. The number of amides is 1. The molecule has 0 fully saturated rings. The third kappa shape index (κ3) is 5.13. The molecule has 2 N–H and O–H groups in total. The average Bonchev–Trinajstić information content (AvgIpc) is 2.35. The molecule has 0 aliphatic rings. The Bertz CT molecular complexity index is 472. The zero-order valence-electron chi connectivity index (χ0n) is 12.4. The molecule has 0 bridgehead atoms. The Morgan fingerprint density at radius 2 is 2.15 bits per heavy atom. The van der Waals surface area contributed by atoms with Crippen LogP contribution in [0.5, 0.6) is 5.75 Å². The van der Waals surface area contributed by atoms with Crippen molar-refractivity contribution in [3.05, 3.63) is 28.2 Å². The molecular weight excluding hydrogens is 322 g/mol. The van der Waals surface area contributed by atoms with Gasteiger partial charge in [0.25, 0.3) is 5.91 Å². The third-order valence-corrected chi connectivity index (χ3v) is 3.59. The second-order valence-electron chi connectivity index (χ2n) is 5.62. The van der Waals surface area contributed by atoms with E-state index in [-0.39, 0.29) is 12.5 Å². The minimum absolute atomic E-state index is 0.216. The number of methoxy groups -OCH3 is 1. The highest BCUT2D eigenvalue weighted by Gasteiger charge is 2.23. The molecule has 1 amide bonds. The fraction of sp³-hybridized carbons (Fsp3) is 0.533. The molecule has 0 saturated carbocycles. The van der Waals surface area contributed by atoms with Crippen molar-refractivity contribution in [2.24, 2.45) is 5.92 Å². The van der Waals surface area contributed by atoms with Gasteiger partial charge in [-0.15, -0.1) is 0 Å². The summed E-state index contributed by atoms with van der Waals surface area (Å²) in [4.78, 5) is 12.2. The Balaban J connectivity index is 2.72. The summed E-state index contributed by atoms with van der Waals surface area (Å²) in [5.74, 6) is 0.748. The molecule has 5 heteroatoms. The summed E-state index contributed by atoms with van der Waals surface area (Å²) < 4.78 is 5.80. The first-order valence-corrected chi connectivity index (χ1v) is 7.38. The van der Waals surface area contributed by atoms with E-state index in [0.717, 1.165) is 0 Å². The summed E-state index contributed by atoms with van der Waals surface area (Å²) >= 11 is 3.34. The number of carbonyl (C=O) groups is 1. The van der Waals surface area contributed by atoms with E-state index >= 15 is 0 Å². The van der Waals surface area contributed by atoms with Crippen molar-refractivity contribution in [2.45, 2.75) is 32.8 Å². The molecular formula is C15H22BrNO3. The molecule has 0 radical (unpaired) electrons. The number of benzene rings is 1. The van der Waals surface area contributed by atoms with Gasteiger partial charge in [0.15, 0.2) is 0 Å². The van der Waals surface area contributed by atoms with E-state index in [1.165, 1.54) is 0 Å².